The monoisotopic (exact) mass is 298 g/mol. The highest BCUT2D eigenvalue weighted by atomic mass is 19.4. The summed E-state index contributed by atoms with van der Waals surface area (Å²) in [7, 11) is 0. The number of aliphatic hydroxyl groups excluding tert-OH is 1. The predicted octanol–water partition coefficient (Wildman–Crippen LogP) is 0.806. The zero-order valence-electron chi connectivity index (χ0n) is 10.7. The first kappa shape index (κ1) is 16.5. The van der Waals surface area contributed by atoms with Crippen molar-refractivity contribution in [2.75, 3.05) is 19.7 Å². The number of carbonyl (C=O) groups is 2. The molecule has 0 spiro atoms. The molecule has 1 rings (SSSR count). The number of nitrogens with zero attached hydrogens (tertiary/aromatic N) is 1. The van der Waals surface area contributed by atoms with E-state index in [4.69, 9.17) is 10.2 Å². The third-order valence-corrected chi connectivity index (χ3v) is 3.26. The lowest BCUT2D eigenvalue weighted by atomic mass is 9.96. The third kappa shape index (κ3) is 4.55. The Morgan fingerprint density at radius 1 is 1.30 bits per heavy atom. The number of hydrogen-bond acceptors (Lipinski definition) is 3. The average Bonchev–Trinajstić information content (AvgIpc) is 2.37. The van der Waals surface area contributed by atoms with Gasteiger partial charge in [-0.2, -0.15) is 13.2 Å². The number of likely N-dealkylation sites (tertiary alicyclic amines) is 1. The van der Waals surface area contributed by atoms with Crippen LogP contribution in [-0.2, 0) is 4.79 Å². The van der Waals surface area contributed by atoms with Crippen molar-refractivity contribution in [3.63, 3.8) is 0 Å². The molecule has 1 atom stereocenters. The van der Waals surface area contributed by atoms with Gasteiger partial charge in [0.25, 0.3) is 0 Å². The number of urea groups is 1. The quantitative estimate of drug-likeness (QED) is 0.716. The standard InChI is InChI=1S/C11H17F3N2O4/c12-11(13,14)7-1-4-16(5-2-7)10(20)15-8(3-6-17)9(18)19/h7-8,17H,1-6H2,(H,15,20)(H,18,19). The number of piperidine rings is 1. The van der Waals surface area contributed by atoms with Crippen molar-refractivity contribution in [3.8, 4) is 0 Å². The van der Waals surface area contributed by atoms with Crippen molar-refractivity contribution < 1.29 is 33.0 Å². The number of carboxylic acids is 1. The molecule has 0 bridgehead atoms. The molecule has 116 valence electrons. The van der Waals surface area contributed by atoms with Gasteiger partial charge in [0.05, 0.1) is 5.92 Å². The summed E-state index contributed by atoms with van der Waals surface area (Å²) >= 11 is 0. The summed E-state index contributed by atoms with van der Waals surface area (Å²) in [6.07, 6.45) is -4.79. The van der Waals surface area contributed by atoms with Crippen LogP contribution in [0.2, 0.25) is 0 Å². The maximum atomic E-state index is 12.5. The highest BCUT2D eigenvalue weighted by Crippen LogP contribution is 2.34. The topological polar surface area (TPSA) is 89.9 Å². The van der Waals surface area contributed by atoms with E-state index in [1.807, 2.05) is 0 Å². The molecule has 1 aliphatic rings. The van der Waals surface area contributed by atoms with E-state index in [-0.39, 0.29) is 32.4 Å². The molecule has 3 N–H and O–H groups in total. The summed E-state index contributed by atoms with van der Waals surface area (Å²) in [5.41, 5.74) is 0. The Labute approximate surface area is 113 Å². The van der Waals surface area contributed by atoms with Crippen LogP contribution in [0, 0.1) is 5.92 Å². The number of rotatable bonds is 4. The molecule has 1 fully saturated rings. The highest BCUT2D eigenvalue weighted by Gasteiger charge is 2.41. The van der Waals surface area contributed by atoms with Crippen molar-refractivity contribution in [1.29, 1.82) is 0 Å². The number of nitrogens with one attached hydrogen (secondary N) is 1. The predicted molar refractivity (Wildman–Crippen MR) is 62.0 cm³/mol. The van der Waals surface area contributed by atoms with Gasteiger partial charge in [0.2, 0.25) is 0 Å². The summed E-state index contributed by atoms with van der Waals surface area (Å²) in [5.74, 6) is -2.71. The average molecular weight is 298 g/mol. The molecule has 1 heterocycles. The normalized spacial score (nSPS) is 18.7. The van der Waals surface area contributed by atoms with Crippen LogP contribution in [0.3, 0.4) is 0 Å². The summed E-state index contributed by atoms with van der Waals surface area (Å²) < 4.78 is 37.4. The summed E-state index contributed by atoms with van der Waals surface area (Å²) in [4.78, 5) is 23.7. The Hall–Kier alpha value is -1.51. The molecule has 20 heavy (non-hydrogen) atoms. The zero-order valence-corrected chi connectivity index (χ0v) is 10.7. The van der Waals surface area contributed by atoms with Gasteiger partial charge in [-0.15, -0.1) is 0 Å². The SMILES string of the molecule is O=C(O)C(CCO)NC(=O)N1CCC(C(F)(F)F)CC1. The van der Waals surface area contributed by atoms with Gasteiger partial charge in [0, 0.05) is 26.1 Å². The van der Waals surface area contributed by atoms with Crippen LogP contribution in [-0.4, -0.2) is 59.0 Å². The molecular formula is C11H17F3N2O4. The molecule has 0 aromatic heterocycles. The molecule has 9 heteroatoms. The molecule has 0 aromatic rings. The van der Waals surface area contributed by atoms with E-state index in [9.17, 15) is 22.8 Å². The van der Waals surface area contributed by atoms with E-state index in [1.54, 1.807) is 0 Å². The van der Waals surface area contributed by atoms with E-state index in [0.29, 0.717) is 0 Å². The van der Waals surface area contributed by atoms with Crippen molar-refractivity contribution in [2.24, 2.45) is 5.92 Å². The van der Waals surface area contributed by atoms with E-state index in [2.05, 4.69) is 5.32 Å². The van der Waals surface area contributed by atoms with E-state index in [0.717, 1.165) is 4.90 Å². The second-order valence-corrected chi connectivity index (χ2v) is 4.66. The van der Waals surface area contributed by atoms with Crippen LogP contribution in [0.5, 0.6) is 0 Å². The summed E-state index contributed by atoms with van der Waals surface area (Å²) in [5, 5.41) is 19.7. The Morgan fingerprint density at radius 2 is 1.85 bits per heavy atom. The Bertz CT molecular complexity index is 354. The number of halogens is 3. The lowest BCUT2D eigenvalue weighted by Gasteiger charge is -2.33. The minimum absolute atomic E-state index is 0.0680. The van der Waals surface area contributed by atoms with Gasteiger partial charge < -0.3 is 20.4 Å². The van der Waals surface area contributed by atoms with Crippen LogP contribution < -0.4 is 5.32 Å². The first-order valence-electron chi connectivity index (χ1n) is 6.21. The largest absolute Gasteiger partial charge is 0.480 e. The van der Waals surface area contributed by atoms with Crippen LogP contribution in [0.25, 0.3) is 0 Å². The fourth-order valence-corrected chi connectivity index (χ4v) is 2.04. The molecule has 2 amide bonds. The number of hydrogen-bond donors (Lipinski definition) is 3. The Kier molecular flexibility index (Phi) is 5.61. The number of carbonyl (C=O) groups excluding carboxylic acids is 1. The molecule has 0 aliphatic carbocycles. The van der Waals surface area contributed by atoms with Gasteiger partial charge in [-0.1, -0.05) is 0 Å². The third-order valence-electron chi connectivity index (χ3n) is 3.26. The highest BCUT2D eigenvalue weighted by molar-refractivity contribution is 5.82. The zero-order chi connectivity index (χ0) is 15.3. The van der Waals surface area contributed by atoms with Gasteiger partial charge in [-0.05, 0) is 12.8 Å². The number of carboxylic acid groups (broad SMARTS) is 1. The van der Waals surface area contributed by atoms with Crippen molar-refractivity contribution in [2.45, 2.75) is 31.5 Å². The van der Waals surface area contributed by atoms with Gasteiger partial charge in [0.1, 0.15) is 6.04 Å². The summed E-state index contributed by atoms with van der Waals surface area (Å²) in [6, 6.07) is -1.96. The second kappa shape index (κ2) is 6.78. The molecule has 6 nitrogen and oxygen atoms in total. The van der Waals surface area contributed by atoms with Gasteiger partial charge in [-0.25, -0.2) is 9.59 Å². The maximum absolute atomic E-state index is 12.5. The molecule has 1 aliphatic heterocycles. The van der Waals surface area contributed by atoms with Crippen LogP contribution >= 0.6 is 0 Å². The lowest BCUT2D eigenvalue weighted by Crippen LogP contribution is -2.51. The molecule has 0 radical (unpaired) electrons. The molecule has 0 saturated carbocycles. The fourth-order valence-electron chi connectivity index (χ4n) is 2.04. The smallest absolute Gasteiger partial charge is 0.391 e. The Balaban J connectivity index is 2.48. The minimum atomic E-state index is -4.26. The number of alkyl halides is 3. The van der Waals surface area contributed by atoms with Crippen molar-refractivity contribution in [1.82, 2.24) is 10.2 Å². The fraction of sp³-hybridized carbons (Fsp3) is 0.818. The van der Waals surface area contributed by atoms with Gasteiger partial charge >= 0.3 is 18.2 Å². The minimum Gasteiger partial charge on any atom is -0.480 e. The molecule has 1 saturated heterocycles. The first-order chi connectivity index (χ1) is 9.25. The Morgan fingerprint density at radius 3 is 2.25 bits per heavy atom. The van der Waals surface area contributed by atoms with Crippen molar-refractivity contribution in [3.05, 3.63) is 0 Å². The maximum Gasteiger partial charge on any atom is 0.391 e. The molecule has 0 aromatic carbocycles. The van der Waals surface area contributed by atoms with E-state index < -0.39 is 36.7 Å². The van der Waals surface area contributed by atoms with Gasteiger partial charge in [-0.3, -0.25) is 0 Å². The van der Waals surface area contributed by atoms with E-state index >= 15 is 0 Å². The lowest BCUT2D eigenvalue weighted by molar-refractivity contribution is -0.183. The number of amides is 2. The second-order valence-electron chi connectivity index (χ2n) is 4.66. The van der Waals surface area contributed by atoms with E-state index in [1.165, 1.54) is 0 Å². The molecule has 1 unspecified atom stereocenters. The number of aliphatic hydroxyl groups is 1. The number of aliphatic carboxylic acids is 1. The van der Waals surface area contributed by atoms with Crippen molar-refractivity contribution >= 4 is 12.0 Å². The van der Waals surface area contributed by atoms with Crippen LogP contribution in [0.15, 0.2) is 0 Å². The van der Waals surface area contributed by atoms with Crippen LogP contribution in [0.1, 0.15) is 19.3 Å². The summed E-state index contributed by atoms with van der Waals surface area (Å²) in [6.45, 7) is -0.545. The molecular weight excluding hydrogens is 281 g/mol. The van der Waals surface area contributed by atoms with Gasteiger partial charge in [0.15, 0.2) is 0 Å². The van der Waals surface area contributed by atoms with Crippen LogP contribution in [0.4, 0.5) is 18.0 Å². The first-order valence-corrected chi connectivity index (χ1v) is 6.21.